The Morgan fingerprint density at radius 1 is 1.28 bits per heavy atom. The second-order valence-corrected chi connectivity index (χ2v) is 5.37. The fourth-order valence-electron chi connectivity index (χ4n) is 2.23. The van der Waals surface area contributed by atoms with Crippen LogP contribution in [0.15, 0.2) is 18.3 Å². The molecule has 4 heteroatoms. The summed E-state index contributed by atoms with van der Waals surface area (Å²) < 4.78 is 2.11. The molecule has 1 heterocycles. The second-order valence-electron chi connectivity index (χ2n) is 5.37. The van der Waals surface area contributed by atoms with Crippen LogP contribution in [0.2, 0.25) is 0 Å². The molecule has 3 rings (SSSR count). The Balaban J connectivity index is 1.40. The minimum Gasteiger partial charge on any atom is -0.351 e. The summed E-state index contributed by atoms with van der Waals surface area (Å²) in [7, 11) is 0. The Bertz CT molecular complexity index is 418. The average Bonchev–Trinajstić information content (AvgIpc) is 3.29. The molecule has 0 spiro atoms. The predicted octanol–water partition coefficient (Wildman–Crippen LogP) is 1.69. The molecule has 2 fully saturated rings. The SMILES string of the molecule is O=C(NCCCNC1CC1)c1cccn1C1CC1. The highest BCUT2D eigenvalue weighted by Crippen LogP contribution is 2.35. The molecule has 0 radical (unpaired) electrons. The van der Waals surface area contributed by atoms with Gasteiger partial charge in [-0.2, -0.15) is 0 Å². The molecule has 4 nitrogen and oxygen atoms in total. The first-order chi connectivity index (χ1) is 8.84. The summed E-state index contributed by atoms with van der Waals surface area (Å²) in [4.78, 5) is 12.0. The zero-order chi connectivity index (χ0) is 12.4. The minimum absolute atomic E-state index is 0.0679. The van der Waals surface area contributed by atoms with E-state index in [0.717, 1.165) is 31.2 Å². The van der Waals surface area contributed by atoms with Gasteiger partial charge >= 0.3 is 0 Å². The van der Waals surface area contributed by atoms with Crippen LogP contribution in [0.3, 0.4) is 0 Å². The molecule has 0 bridgehead atoms. The van der Waals surface area contributed by atoms with Gasteiger partial charge in [0.05, 0.1) is 0 Å². The lowest BCUT2D eigenvalue weighted by Crippen LogP contribution is -2.29. The summed E-state index contributed by atoms with van der Waals surface area (Å²) in [5, 5.41) is 6.45. The molecule has 2 saturated carbocycles. The maximum Gasteiger partial charge on any atom is 0.267 e. The van der Waals surface area contributed by atoms with Crippen molar-refractivity contribution in [2.45, 2.75) is 44.2 Å². The van der Waals surface area contributed by atoms with Crippen LogP contribution in [0, 0.1) is 0 Å². The maximum atomic E-state index is 12.0. The molecule has 0 saturated heterocycles. The van der Waals surface area contributed by atoms with E-state index in [1.807, 2.05) is 18.3 Å². The van der Waals surface area contributed by atoms with Gasteiger partial charge in [0.25, 0.3) is 5.91 Å². The summed E-state index contributed by atoms with van der Waals surface area (Å²) in [6.45, 7) is 1.77. The molecular weight excluding hydrogens is 226 g/mol. The molecule has 0 atom stereocenters. The van der Waals surface area contributed by atoms with Gasteiger partial charge in [0.2, 0.25) is 0 Å². The van der Waals surface area contributed by atoms with Gasteiger partial charge in [-0.15, -0.1) is 0 Å². The normalized spacial score (nSPS) is 18.9. The Hall–Kier alpha value is -1.29. The lowest BCUT2D eigenvalue weighted by atomic mass is 10.3. The largest absolute Gasteiger partial charge is 0.351 e. The third-order valence-electron chi connectivity index (χ3n) is 3.60. The van der Waals surface area contributed by atoms with Crippen LogP contribution in [-0.2, 0) is 0 Å². The van der Waals surface area contributed by atoms with Crippen molar-refractivity contribution in [2.24, 2.45) is 0 Å². The first-order valence-electron chi connectivity index (χ1n) is 7.03. The standard InChI is InChI=1S/C14H21N3O/c18-14(16-9-2-8-15-11-4-5-11)13-3-1-10-17(13)12-6-7-12/h1,3,10-12,15H,2,4-9H2,(H,16,18). The van der Waals surface area contributed by atoms with Gasteiger partial charge in [-0.3, -0.25) is 4.79 Å². The van der Waals surface area contributed by atoms with Crippen molar-refractivity contribution < 1.29 is 4.79 Å². The average molecular weight is 247 g/mol. The van der Waals surface area contributed by atoms with Gasteiger partial charge in [-0.1, -0.05) is 0 Å². The first-order valence-corrected chi connectivity index (χ1v) is 7.03. The van der Waals surface area contributed by atoms with Crippen LogP contribution in [0.4, 0.5) is 0 Å². The van der Waals surface area contributed by atoms with E-state index in [9.17, 15) is 4.79 Å². The molecule has 2 aliphatic carbocycles. The van der Waals surface area contributed by atoms with Crippen LogP contribution in [-0.4, -0.2) is 29.6 Å². The van der Waals surface area contributed by atoms with Crippen molar-refractivity contribution in [1.29, 1.82) is 0 Å². The van der Waals surface area contributed by atoms with E-state index in [1.54, 1.807) is 0 Å². The highest BCUT2D eigenvalue weighted by Gasteiger charge is 2.26. The molecule has 0 aromatic carbocycles. The Kier molecular flexibility index (Phi) is 3.37. The number of hydrogen-bond acceptors (Lipinski definition) is 2. The lowest BCUT2D eigenvalue weighted by Gasteiger charge is -2.09. The van der Waals surface area contributed by atoms with Crippen molar-refractivity contribution in [3.63, 3.8) is 0 Å². The molecular formula is C14H21N3O. The van der Waals surface area contributed by atoms with Gasteiger partial charge in [-0.25, -0.2) is 0 Å². The van der Waals surface area contributed by atoms with E-state index < -0.39 is 0 Å². The van der Waals surface area contributed by atoms with Crippen LogP contribution in [0.5, 0.6) is 0 Å². The van der Waals surface area contributed by atoms with Crippen molar-refractivity contribution >= 4 is 5.91 Å². The third-order valence-corrected chi connectivity index (χ3v) is 3.60. The summed E-state index contributed by atoms with van der Waals surface area (Å²) in [5.74, 6) is 0.0679. The van der Waals surface area contributed by atoms with Gasteiger partial charge in [0, 0.05) is 24.8 Å². The van der Waals surface area contributed by atoms with Gasteiger partial charge in [0.1, 0.15) is 5.69 Å². The summed E-state index contributed by atoms with van der Waals surface area (Å²) in [6, 6.07) is 5.20. The van der Waals surface area contributed by atoms with E-state index >= 15 is 0 Å². The fourth-order valence-corrected chi connectivity index (χ4v) is 2.23. The number of nitrogens with one attached hydrogen (secondary N) is 2. The van der Waals surface area contributed by atoms with Crippen LogP contribution in [0.1, 0.15) is 48.6 Å². The molecule has 18 heavy (non-hydrogen) atoms. The van der Waals surface area contributed by atoms with Gasteiger partial charge < -0.3 is 15.2 Å². The van der Waals surface area contributed by atoms with Crippen LogP contribution in [0.25, 0.3) is 0 Å². The summed E-state index contributed by atoms with van der Waals surface area (Å²) >= 11 is 0. The number of rotatable bonds is 7. The van der Waals surface area contributed by atoms with Crippen LogP contribution < -0.4 is 10.6 Å². The van der Waals surface area contributed by atoms with Crippen LogP contribution >= 0.6 is 0 Å². The van der Waals surface area contributed by atoms with Gasteiger partial charge in [0.15, 0.2) is 0 Å². The van der Waals surface area contributed by atoms with Crippen molar-refractivity contribution in [2.75, 3.05) is 13.1 Å². The second kappa shape index (κ2) is 5.14. The number of hydrogen-bond donors (Lipinski definition) is 2. The summed E-state index contributed by atoms with van der Waals surface area (Å²) in [6.07, 6.45) is 8.08. The molecule has 1 aromatic heterocycles. The molecule has 0 aliphatic heterocycles. The summed E-state index contributed by atoms with van der Waals surface area (Å²) in [5.41, 5.74) is 0.813. The Labute approximate surface area is 108 Å². The van der Waals surface area contributed by atoms with Crippen molar-refractivity contribution in [1.82, 2.24) is 15.2 Å². The fraction of sp³-hybridized carbons (Fsp3) is 0.643. The lowest BCUT2D eigenvalue weighted by molar-refractivity contribution is 0.0944. The van der Waals surface area contributed by atoms with Crippen molar-refractivity contribution in [3.8, 4) is 0 Å². The monoisotopic (exact) mass is 247 g/mol. The zero-order valence-corrected chi connectivity index (χ0v) is 10.7. The molecule has 2 aliphatic rings. The highest BCUT2D eigenvalue weighted by atomic mass is 16.1. The van der Waals surface area contributed by atoms with E-state index in [4.69, 9.17) is 0 Å². The van der Waals surface area contributed by atoms with E-state index in [0.29, 0.717) is 6.04 Å². The Morgan fingerprint density at radius 2 is 2.11 bits per heavy atom. The predicted molar refractivity (Wildman–Crippen MR) is 70.7 cm³/mol. The first kappa shape index (κ1) is 11.8. The topological polar surface area (TPSA) is 46.1 Å². The third kappa shape index (κ3) is 2.93. The van der Waals surface area contributed by atoms with E-state index in [-0.39, 0.29) is 5.91 Å². The number of carbonyl (C=O) groups is 1. The minimum atomic E-state index is 0.0679. The Morgan fingerprint density at radius 3 is 2.83 bits per heavy atom. The molecule has 2 N–H and O–H groups in total. The maximum absolute atomic E-state index is 12.0. The van der Waals surface area contributed by atoms with Gasteiger partial charge in [-0.05, 0) is 50.8 Å². The number of amides is 1. The van der Waals surface area contributed by atoms with Crippen molar-refractivity contribution in [3.05, 3.63) is 24.0 Å². The highest BCUT2D eigenvalue weighted by molar-refractivity contribution is 5.92. The molecule has 98 valence electrons. The smallest absolute Gasteiger partial charge is 0.267 e. The quantitative estimate of drug-likeness (QED) is 0.720. The molecule has 0 unspecified atom stereocenters. The number of aromatic nitrogens is 1. The number of carbonyl (C=O) groups excluding carboxylic acids is 1. The zero-order valence-electron chi connectivity index (χ0n) is 10.7. The molecule has 1 aromatic rings. The van der Waals surface area contributed by atoms with E-state index in [2.05, 4.69) is 15.2 Å². The van der Waals surface area contributed by atoms with E-state index in [1.165, 1.54) is 25.7 Å². The molecule has 1 amide bonds. The number of nitrogens with zero attached hydrogens (tertiary/aromatic N) is 1.